The number of unbranched alkanes of at least 4 members (excludes halogenated alkanes) is 12. The van der Waals surface area contributed by atoms with Gasteiger partial charge in [-0.15, -0.1) is 0 Å². The normalized spacial score (nSPS) is 27.0. The van der Waals surface area contributed by atoms with Crippen molar-refractivity contribution in [2.24, 2.45) is 11.5 Å². The van der Waals surface area contributed by atoms with Crippen LogP contribution in [0.1, 0.15) is 263 Å². The Hall–Kier alpha value is -7.43. The van der Waals surface area contributed by atoms with E-state index >= 15 is 0 Å². The van der Waals surface area contributed by atoms with E-state index in [1.807, 2.05) is 47.0 Å². The molecule has 14 atom stereocenters. The average Bonchev–Trinajstić information content (AvgIpc) is 1.58. The SMILES string of the molecule is NC1CC(NC(=O)CCCCCNC(=O)CCCCC2SCC3NC(=O)NC32)CC(NC(=O)CCCCCNC(=O)CCCCC2SCC3NC(=O)NC32)C1.NC1CCN(c2nc(N3CCC(NC(=O)CCCCCNC(=O)CCCCC4SCC5NC(=O)NC54)CC3)nc(N3CCC(NC(=O)CCCCCNC(=O)CCCCC4SCC5NC(=O)NC54)CC3)n2)CC1. The van der Waals surface area contributed by atoms with Crippen molar-refractivity contribution in [3.63, 3.8) is 0 Å². The highest BCUT2D eigenvalue weighted by Crippen LogP contribution is 2.38. The summed E-state index contributed by atoms with van der Waals surface area (Å²) in [5.74, 6) is 6.24. The Kier molecular flexibility index (Phi) is 41.0. The lowest BCUT2D eigenvalue weighted by Gasteiger charge is -2.36. The summed E-state index contributed by atoms with van der Waals surface area (Å²) in [5, 5.41) is 50.4. The minimum atomic E-state index is -0.0842. The maximum Gasteiger partial charge on any atom is 0.315 e. The first-order valence-corrected chi connectivity index (χ1v) is 52.9. The second-order valence-electron chi connectivity index (χ2n) is 37.3. The van der Waals surface area contributed by atoms with Crippen LogP contribution in [-0.4, -0.2) is 280 Å². The van der Waals surface area contributed by atoms with Gasteiger partial charge in [-0.25, -0.2) is 19.2 Å². The summed E-state index contributed by atoms with van der Waals surface area (Å²) in [6.45, 7) is 6.95. The number of hydrogen-bond acceptors (Lipinski definition) is 24. The quantitative estimate of drug-likeness (QED) is 0.0300. The van der Waals surface area contributed by atoms with Gasteiger partial charge < -0.3 is 111 Å². The molecule has 14 unspecified atom stereocenters. The van der Waals surface area contributed by atoms with Gasteiger partial charge >= 0.3 is 24.1 Å². The van der Waals surface area contributed by atoms with Gasteiger partial charge in [0.05, 0.1) is 48.3 Å². The smallest absolute Gasteiger partial charge is 0.315 e. The maximum absolute atomic E-state index is 12.9. The van der Waals surface area contributed by atoms with E-state index in [1.54, 1.807) is 0 Å². The standard InChI is InChI=1S/C50H83N15O6S2.C38H65N9O6S2/c51-33-17-25-63(26-18-33)46-60-47(64-27-19-34(20-28-64)54-42(68)15-3-1-9-23-52-40(66)13-7-5-11-38-44-36(31-72-38)56-49(70)58-44)62-48(61-46)65-29-21-35(22-30-65)55-43(69)16-4-2-10-24-53-41(67)14-8-6-12-39-45-37(32-73-39)57-50(71)59-45;39-24-19-25(42-33(50)15-3-1-9-17-40-31(48)13-7-5-11-29-35-27(22-54-29)44-37(52)46-35)21-26(20-24)43-34(51)16-4-2-10-18-41-32(49)14-8-6-12-30-36-28(23-55-30)45-38(53)47-36/h33-39,44-45H,1-32,51H2,(H,52,66)(H,53,67)(H,54,68)(H,55,69)(H2,56,58,70)(H2,57,59,71);24-30,35-36H,1-23,39H2,(H,40,48)(H,41,49)(H,42,50)(H,43,51)(H2,44,46,52)(H2,45,47,53). The molecule has 0 radical (unpaired) electrons. The Morgan fingerprint density at radius 2 is 0.531 bits per heavy atom. The molecule has 12 heterocycles. The Bertz CT molecular complexity index is 3560. The number of nitrogens with zero attached hydrogens (tertiary/aromatic N) is 6. The van der Waals surface area contributed by atoms with E-state index in [4.69, 9.17) is 26.4 Å². The molecule has 16 amide bonds. The molecule has 0 bridgehead atoms. The van der Waals surface area contributed by atoms with Crippen LogP contribution in [0.3, 0.4) is 0 Å². The molecule has 1 saturated carbocycles. The van der Waals surface area contributed by atoms with Crippen molar-refractivity contribution in [2.75, 3.05) is 103 Å². The minimum absolute atomic E-state index is 0.000699. The zero-order valence-corrected chi connectivity index (χ0v) is 78.4. The lowest BCUT2D eigenvalue weighted by molar-refractivity contribution is -0.123. The van der Waals surface area contributed by atoms with Gasteiger partial charge in [0, 0.05) is 197 Å². The molecule has 1 aromatic heterocycles. The van der Waals surface area contributed by atoms with E-state index < -0.39 is 0 Å². The predicted molar refractivity (Wildman–Crippen MR) is 503 cm³/mol. The van der Waals surface area contributed by atoms with Crippen LogP contribution in [0, 0.1) is 0 Å². The largest absolute Gasteiger partial charge is 0.356 e. The van der Waals surface area contributed by atoms with E-state index in [2.05, 4.69) is 99.8 Å². The number of anilines is 3. The van der Waals surface area contributed by atoms with Crippen LogP contribution >= 0.6 is 47.0 Å². The van der Waals surface area contributed by atoms with Gasteiger partial charge in [-0.2, -0.15) is 62.0 Å². The number of rotatable bonds is 51. The van der Waals surface area contributed by atoms with E-state index in [0.29, 0.717) is 136 Å². The topological polar surface area (TPSA) is 498 Å². The van der Waals surface area contributed by atoms with Crippen LogP contribution in [0.2, 0.25) is 0 Å². The number of carbonyl (C=O) groups excluding carboxylic acids is 12. The van der Waals surface area contributed by atoms with Gasteiger partial charge in [-0.05, 0) is 161 Å². The van der Waals surface area contributed by atoms with Gasteiger partial charge in [0.2, 0.25) is 65.1 Å². The first-order valence-electron chi connectivity index (χ1n) is 48.7. The lowest BCUT2D eigenvalue weighted by atomic mass is 9.87. The molecule has 40 heteroatoms. The van der Waals surface area contributed by atoms with Gasteiger partial charge in [0.1, 0.15) is 0 Å². The minimum Gasteiger partial charge on any atom is -0.356 e. The zero-order chi connectivity index (χ0) is 89.9. The second kappa shape index (κ2) is 52.7. The van der Waals surface area contributed by atoms with Crippen molar-refractivity contribution in [1.82, 2.24) is 100 Å². The fourth-order valence-electron chi connectivity index (χ4n) is 19.8. The van der Waals surface area contributed by atoms with Crippen LogP contribution in [-0.2, 0) is 38.4 Å². The molecule has 11 saturated heterocycles. The van der Waals surface area contributed by atoms with Crippen molar-refractivity contribution in [1.29, 1.82) is 0 Å². The fraction of sp³-hybridized carbons (Fsp3) is 0.830. The highest BCUT2D eigenvalue weighted by molar-refractivity contribution is 8.01. The van der Waals surface area contributed by atoms with Crippen molar-refractivity contribution in [3.05, 3.63) is 0 Å². The highest BCUT2D eigenvalue weighted by atomic mass is 32.2. The molecule has 36 nitrogen and oxygen atoms in total. The summed E-state index contributed by atoms with van der Waals surface area (Å²) in [4.78, 5) is 168. The molecule has 716 valence electrons. The number of nitrogens with one attached hydrogen (secondary N) is 16. The molecule has 1 aromatic rings. The number of thioether (sulfide) groups is 4. The van der Waals surface area contributed by atoms with Gasteiger partial charge in [0.25, 0.3) is 0 Å². The molecular formula is C88H148N24O12S4. The summed E-state index contributed by atoms with van der Waals surface area (Å²) >= 11 is 7.61. The molecule has 1 aliphatic carbocycles. The number of aromatic nitrogens is 3. The number of amides is 16. The van der Waals surface area contributed by atoms with Crippen LogP contribution in [0.4, 0.5) is 37.0 Å². The fourth-order valence-corrected chi connectivity index (χ4v) is 26.0. The molecule has 128 heavy (non-hydrogen) atoms. The third-order valence-corrected chi connectivity index (χ3v) is 33.2. The van der Waals surface area contributed by atoms with Crippen LogP contribution in [0.5, 0.6) is 0 Å². The Morgan fingerprint density at radius 3 is 0.805 bits per heavy atom. The summed E-state index contributed by atoms with van der Waals surface area (Å²) in [6.07, 6.45) is 32.0. The van der Waals surface area contributed by atoms with E-state index in [0.717, 1.165) is 255 Å². The number of carbonyl (C=O) groups is 12. The first-order chi connectivity index (χ1) is 62.1. The highest BCUT2D eigenvalue weighted by Gasteiger charge is 2.47. The Morgan fingerprint density at radius 1 is 0.289 bits per heavy atom. The zero-order valence-electron chi connectivity index (χ0n) is 75.2. The van der Waals surface area contributed by atoms with Crippen molar-refractivity contribution in [2.45, 2.75) is 369 Å². The molecular weight excluding hydrogens is 1710 g/mol. The van der Waals surface area contributed by atoms with Crippen molar-refractivity contribution >= 4 is 136 Å². The molecule has 0 spiro atoms. The van der Waals surface area contributed by atoms with Crippen LogP contribution in [0.25, 0.3) is 0 Å². The average molecular weight is 1860 g/mol. The van der Waals surface area contributed by atoms with Crippen molar-refractivity contribution in [3.8, 4) is 0 Å². The van der Waals surface area contributed by atoms with Crippen LogP contribution < -0.4 is 111 Å². The third-order valence-electron chi connectivity index (χ3n) is 27.1. The number of piperidine rings is 3. The predicted octanol–water partition coefficient (Wildman–Crippen LogP) is 5.05. The first kappa shape index (κ1) is 99.6. The Balaban J connectivity index is 0.000000242. The summed E-state index contributed by atoms with van der Waals surface area (Å²) in [5.41, 5.74) is 12.6. The van der Waals surface area contributed by atoms with Crippen LogP contribution in [0.15, 0.2) is 0 Å². The summed E-state index contributed by atoms with van der Waals surface area (Å²) in [6, 6.07) is 1.66. The molecule has 12 fully saturated rings. The van der Waals surface area contributed by atoms with E-state index in [1.165, 1.54) is 0 Å². The molecule has 0 aromatic carbocycles. The van der Waals surface area contributed by atoms with E-state index in [-0.39, 0.29) is 156 Å². The molecule has 13 rings (SSSR count). The monoisotopic (exact) mass is 1860 g/mol. The molecule has 12 aliphatic rings. The number of fused-ring (bicyclic) bond motifs is 4. The second-order valence-corrected chi connectivity index (χ2v) is 42.4. The number of hydrogen-bond donors (Lipinski definition) is 18. The summed E-state index contributed by atoms with van der Waals surface area (Å²) in [7, 11) is 0. The van der Waals surface area contributed by atoms with Crippen molar-refractivity contribution < 1.29 is 57.5 Å². The van der Waals surface area contributed by atoms with E-state index in [9.17, 15) is 57.5 Å². The maximum atomic E-state index is 12.9. The third kappa shape index (κ3) is 33.1. The molecule has 20 N–H and O–H groups in total. The van der Waals surface area contributed by atoms with Gasteiger partial charge in [-0.3, -0.25) is 38.4 Å². The summed E-state index contributed by atoms with van der Waals surface area (Å²) < 4.78 is 0. The van der Waals surface area contributed by atoms with Gasteiger partial charge in [0.15, 0.2) is 0 Å². The number of urea groups is 4. The number of nitrogens with two attached hydrogens (primary N) is 2. The lowest BCUT2D eigenvalue weighted by Crippen LogP contribution is -2.51. The van der Waals surface area contributed by atoms with Gasteiger partial charge in [-0.1, -0.05) is 51.4 Å². The Labute approximate surface area is 772 Å². The molecule has 11 aliphatic heterocycles.